The normalized spacial score (nSPS) is 29.9. The van der Waals surface area contributed by atoms with Gasteiger partial charge in [0.15, 0.2) is 0 Å². The SMILES string of the molecule is N#CC1CC[N]N1. The number of nitrogens with one attached hydrogen (secondary N) is 1. The Bertz CT molecular complexity index is 87.6. The van der Waals surface area contributed by atoms with Crippen LogP contribution in [0.3, 0.4) is 0 Å². The first-order valence-corrected chi connectivity index (χ1v) is 2.25. The minimum Gasteiger partial charge on any atom is -0.223 e. The molecular formula is C4H6N3. The summed E-state index contributed by atoms with van der Waals surface area (Å²) in [7, 11) is 0. The highest BCUT2D eigenvalue weighted by molar-refractivity contribution is 4.91. The number of rotatable bonds is 0. The number of nitrogens with zero attached hydrogens (tertiary/aromatic N) is 2. The van der Waals surface area contributed by atoms with E-state index in [1.807, 2.05) is 0 Å². The summed E-state index contributed by atoms with van der Waals surface area (Å²) in [6.07, 6.45) is 0.872. The van der Waals surface area contributed by atoms with Crippen molar-refractivity contribution in [2.24, 2.45) is 0 Å². The lowest BCUT2D eigenvalue weighted by Gasteiger charge is -1.89. The van der Waals surface area contributed by atoms with Crippen LogP contribution in [0.15, 0.2) is 0 Å². The molecule has 0 saturated carbocycles. The van der Waals surface area contributed by atoms with E-state index < -0.39 is 0 Å². The first kappa shape index (κ1) is 4.57. The van der Waals surface area contributed by atoms with Crippen LogP contribution < -0.4 is 10.9 Å². The van der Waals surface area contributed by atoms with Gasteiger partial charge in [-0.1, -0.05) is 0 Å². The molecule has 1 N–H and O–H groups in total. The van der Waals surface area contributed by atoms with E-state index >= 15 is 0 Å². The van der Waals surface area contributed by atoms with Crippen molar-refractivity contribution in [3.63, 3.8) is 0 Å². The average Bonchev–Trinajstić information content (AvgIpc) is 2.14. The van der Waals surface area contributed by atoms with Gasteiger partial charge in [0.25, 0.3) is 0 Å². The van der Waals surface area contributed by atoms with E-state index in [2.05, 4.69) is 16.9 Å². The lowest BCUT2D eigenvalue weighted by molar-refractivity contribution is 0.626. The summed E-state index contributed by atoms with van der Waals surface area (Å²) >= 11 is 0. The van der Waals surface area contributed by atoms with Gasteiger partial charge in [0.1, 0.15) is 6.04 Å². The zero-order valence-electron chi connectivity index (χ0n) is 3.89. The smallest absolute Gasteiger partial charge is 0.111 e. The molecule has 1 unspecified atom stereocenters. The fourth-order valence-corrected chi connectivity index (χ4v) is 0.526. The quantitative estimate of drug-likeness (QED) is 0.437. The van der Waals surface area contributed by atoms with E-state index in [-0.39, 0.29) is 6.04 Å². The second-order valence-corrected chi connectivity index (χ2v) is 1.48. The van der Waals surface area contributed by atoms with E-state index in [9.17, 15) is 0 Å². The molecule has 0 aromatic carbocycles. The molecule has 37 valence electrons. The van der Waals surface area contributed by atoms with Crippen molar-refractivity contribution in [2.45, 2.75) is 12.5 Å². The van der Waals surface area contributed by atoms with E-state index in [4.69, 9.17) is 5.26 Å². The molecule has 0 aliphatic carbocycles. The van der Waals surface area contributed by atoms with Crippen molar-refractivity contribution in [2.75, 3.05) is 6.54 Å². The van der Waals surface area contributed by atoms with E-state index in [1.54, 1.807) is 0 Å². The minimum atomic E-state index is -0.0139. The third-order valence-electron chi connectivity index (χ3n) is 0.933. The molecule has 1 radical (unpaired) electrons. The Morgan fingerprint density at radius 1 is 1.86 bits per heavy atom. The van der Waals surface area contributed by atoms with Crippen LogP contribution in [0.25, 0.3) is 0 Å². The van der Waals surface area contributed by atoms with Gasteiger partial charge in [0.2, 0.25) is 0 Å². The van der Waals surface area contributed by atoms with Crippen LogP contribution in [-0.2, 0) is 0 Å². The summed E-state index contributed by atoms with van der Waals surface area (Å²) in [5.74, 6) is 0. The average molecular weight is 96.1 g/mol. The van der Waals surface area contributed by atoms with Gasteiger partial charge in [-0.15, -0.1) is 0 Å². The van der Waals surface area contributed by atoms with Crippen LogP contribution >= 0.6 is 0 Å². The van der Waals surface area contributed by atoms with E-state index in [0.717, 1.165) is 13.0 Å². The van der Waals surface area contributed by atoms with Crippen molar-refractivity contribution in [1.82, 2.24) is 10.9 Å². The van der Waals surface area contributed by atoms with E-state index in [1.165, 1.54) is 0 Å². The Morgan fingerprint density at radius 2 is 2.71 bits per heavy atom. The Hall–Kier alpha value is -0.590. The Kier molecular flexibility index (Phi) is 1.25. The molecule has 1 fully saturated rings. The first-order valence-electron chi connectivity index (χ1n) is 2.25. The maximum atomic E-state index is 8.19. The molecule has 1 heterocycles. The van der Waals surface area contributed by atoms with Gasteiger partial charge in [-0.25, -0.2) is 5.43 Å². The fourth-order valence-electron chi connectivity index (χ4n) is 0.526. The van der Waals surface area contributed by atoms with Gasteiger partial charge in [-0.3, -0.25) is 0 Å². The second kappa shape index (κ2) is 1.92. The molecule has 3 heteroatoms. The second-order valence-electron chi connectivity index (χ2n) is 1.48. The molecule has 1 rings (SSSR count). The lowest BCUT2D eigenvalue weighted by atomic mass is 10.3. The van der Waals surface area contributed by atoms with Crippen molar-refractivity contribution in [1.29, 1.82) is 5.26 Å². The summed E-state index contributed by atoms with van der Waals surface area (Å²) in [5, 5.41) is 8.19. The molecule has 1 aliphatic heterocycles. The third kappa shape index (κ3) is 0.889. The van der Waals surface area contributed by atoms with Crippen LogP contribution in [0.1, 0.15) is 6.42 Å². The first-order chi connectivity index (χ1) is 3.43. The van der Waals surface area contributed by atoms with Crippen molar-refractivity contribution >= 4 is 0 Å². The Balaban J connectivity index is 2.31. The molecule has 0 aromatic heterocycles. The van der Waals surface area contributed by atoms with Crippen molar-refractivity contribution in [3.8, 4) is 6.07 Å². The molecular weight excluding hydrogens is 90.1 g/mol. The predicted octanol–water partition coefficient (Wildman–Crippen LogP) is -0.609. The van der Waals surface area contributed by atoms with Gasteiger partial charge < -0.3 is 0 Å². The highest BCUT2D eigenvalue weighted by Crippen LogP contribution is 1.92. The maximum Gasteiger partial charge on any atom is 0.111 e. The maximum absolute atomic E-state index is 8.19. The molecule has 0 amide bonds. The number of hydrogen-bond donors (Lipinski definition) is 1. The molecule has 3 nitrogen and oxygen atoms in total. The van der Waals surface area contributed by atoms with Gasteiger partial charge in [0.05, 0.1) is 6.07 Å². The summed E-state index contributed by atoms with van der Waals surface area (Å²) in [6.45, 7) is 0.790. The highest BCUT2D eigenvalue weighted by Gasteiger charge is 2.11. The monoisotopic (exact) mass is 96.1 g/mol. The number of hydrogen-bond acceptors (Lipinski definition) is 2. The number of nitriles is 1. The van der Waals surface area contributed by atoms with Crippen LogP contribution in [0.4, 0.5) is 0 Å². The standard InChI is InChI=1S/C4H6N3/c5-3-4-1-2-6-7-4/h4,7H,1-2H2. The minimum absolute atomic E-state index is 0.0139. The zero-order valence-corrected chi connectivity index (χ0v) is 3.89. The third-order valence-corrected chi connectivity index (χ3v) is 0.933. The van der Waals surface area contributed by atoms with Gasteiger partial charge in [0, 0.05) is 6.54 Å². The topological polar surface area (TPSA) is 49.9 Å². The molecule has 1 saturated heterocycles. The largest absolute Gasteiger partial charge is 0.223 e. The van der Waals surface area contributed by atoms with Gasteiger partial charge >= 0.3 is 0 Å². The molecule has 1 atom stereocenters. The van der Waals surface area contributed by atoms with Crippen LogP contribution in [0.5, 0.6) is 0 Å². The highest BCUT2D eigenvalue weighted by atomic mass is 15.4. The van der Waals surface area contributed by atoms with Crippen LogP contribution in [0, 0.1) is 11.3 Å². The molecule has 1 aliphatic rings. The zero-order chi connectivity index (χ0) is 5.11. The predicted molar refractivity (Wildman–Crippen MR) is 24.2 cm³/mol. The summed E-state index contributed by atoms with van der Waals surface area (Å²) in [5.41, 5.74) is 6.43. The summed E-state index contributed by atoms with van der Waals surface area (Å²) in [4.78, 5) is 0. The van der Waals surface area contributed by atoms with Gasteiger partial charge in [-0.2, -0.15) is 10.7 Å². The molecule has 0 bridgehead atoms. The lowest BCUT2D eigenvalue weighted by Crippen LogP contribution is -2.22. The molecule has 7 heavy (non-hydrogen) atoms. The van der Waals surface area contributed by atoms with Crippen LogP contribution in [-0.4, -0.2) is 12.6 Å². The Labute approximate surface area is 42.3 Å². The summed E-state index contributed by atoms with van der Waals surface area (Å²) < 4.78 is 0. The Morgan fingerprint density at radius 3 is 3.00 bits per heavy atom. The fraction of sp³-hybridized carbons (Fsp3) is 0.750. The van der Waals surface area contributed by atoms with Crippen molar-refractivity contribution < 1.29 is 0 Å². The molecule has 0 spiro atoms. The molecule has 0 aromatic rings. The van der Waals surface area contributed by atoms with E-state index in [0.29, 0.717) is 0 Å². The summed E-state index contributed by atoms with van der Waals surface area (Å²) in [6, 6.07) is 2.05. The van der Waals surface area contributed by atoms with Crippen LogP contribution in [0.2, 0.25) is 0 Å². The van der Waals surface area contributed by atoms with Crippen molar-refractivity contribution in [3.05, 3.63) is 0 Å². The van der Waals surface area contributed by atoms with Gasteiger partial charge in [-0.05, 0) is 6.42 Å².